The lowest BCUT2D eigenvalue weighted by Crippen LogP contribution is -2.30. The molecule has 0 amide bonds. The van der Waals surface area contributed by atoms with Crippen molar-refractivity contribution in [3.05, 3.63) is 105 Å². The number of hydrogen-bond donors (Lipinski definition) is 1. The highest BCUT2D eigenvalue weighted by Crippen LogP contribution is 2.24. The number of hydrogen-bond acceptors (Lipinski definition) is 5. The molecule has 0 fully saturated rings. The minimum absolute atomic E-state index is 0.0745. The monoisotopic (exact) mass is 490 g/mol. The first kappa shape index (κ1) is 22.1. The topological polar surface area (TPSA) is 98.5 Å². The van der Waals surface area contributed by atoms with Gasteiger partial charge in [-0.2, -0.15) is 0 Å². The van der Waals surface area contributed by atoms with Crippen molar-refractivity contribution in [3.8, 4) is 0 Å². The Bertz CT molecular complexity index is 1110. The van der Waals surface area contributed by atoms with Gasteiger partial charge >= 0.3 is 0 Å². The molecule has 0 aliphatic heterocycles. The van der Waals surface area contributed by atoms with E-state index in [9.17, 15) is 18.5 Å². The number of sulfonamides is 1. The van der Waals surface area contributed by atoms with Gasteiger partial charge in [0, 0.05) is 17.1 Å². The van der Waals surface area contributed by atoms with E-state index in [1.165, 1.54) is 18.2 Å². The molecule has 0 saturated carbocycles. The third-order valence-corrected chi connectivity index (χ3v) is 6.35. The van der Waals surface area contributed by atoms with Gasteiger partial charge in [-0.3, -0.25) is 10.1 Å². The van der Waals surface area contributed by atoms with Gasteiger partial charge in [-0.1, -0.05) is 70.5 Å². The van der Waals surface area contributed by atoms with Crippen LogP contribution < -0.4 is 4.72 Å². The Morgan fingerprint density at radius 3 is 2.27 bits per heavy atom. The number of ether oxygens (including phenoxy) is 1. The molecule has 0 radical (unpaired) electrons. The summed E-state index contributed by atoms with van der Waals surface area (Å²) in [5.74, 6) is 0. The van der Waals surface area contributed by atoms with Crippen LogP contribution >= 0.6 is 15.9 Å². The number of benzene rings is 3. The van der Waals surface area contributed by atoms with Gasteiger partial charge in [0.1, 0.15) is 0 Å². The zero-order chi connectivity index (χ0) is 21.6. The molecule has 0 saturated heterocycles. The minimum Gasteiger partial charge on any atom is -0.367 e. The smallest absolute Gasteiger partial charge is 0.289 e. The van der Waals surface area contributed by atoms with E-state index < -0.39 is 26.7 Å². The summed E-state index contributed by atoms with van der Waals surface area (Å²) in [5.41, 5.74) is 1.25. The summed E-state index contributed by atoms with van der Waals surface area (Å²) >= 11 is 3.38. The van der Waals surface area contributed by atoms with Crippen molar-refractivity contribution in [1.29, 1.82) is 0 Å². The highest BCUT2D eigenvalue weighted by molar-refractivity contribution is 9.10. The van der Waals surface area contributed by atoms with Crippen LogP contribution in [0, 0.1) is 10.1 Å². The molecule has 30 heavy (non-hydrogen) atoms. The van der Waals surface area contributed by atoms with Gasteiger partial charge in [0.2, 0.25) is 10.0 Å². The van der Waals surface area contributed by atoms with E-state index in [1.807, 2.05) is 54.6 Å². The summed E-state index contributed by atoms with van der Waals surface area (Å²) in [6.45, 7) is 0.203. The van der Waals surface area contributed by atoms with E-state index in [4.69, 9.17) is 4.74 Å². The average molecular weight is 491 g/mol. The molecule has 0 aliphatic rings. The largest absolute Gasteiger partial charge is 0.367 e. The summed E-state index contributed by atoms with van der Waals surface area (Å²) < 4.78 is 34.8. The summed E-state index contributed by atoms with van der Waals surface area (Å²) in [4.78, 5) is 10.1. The van der Waals surface area contributed by atoms with Crippen molar-refractivity contribution in [3.63, 3.8) is 0 Å². The lowest BCUT2D eigenvalue weighted by atomic mass is 10.1. The van der Waals surface area contributed by atoms with Crippen LogP contribution in [-0.4, -0.2) is 19.9 Å². The zero-order valence-electron chi connectivity index (χ0n) is 15.8. The third-order valence-electron chi connectivity index (χ3n) is 4.35. The molecule has 1 N–H and O–H groups in total. The van der Waals surface area contributed by atoms with Crippen LogP contribution in [0.2, 0.25) is 0 Å². The molecule has 3 aromatic carbocycles. The number of nitro benzene ring substituents is 1. The van der Waals surface area contributed by atoms with Gasteiger partial charge in [0.15, 0.2) is 4.90 Å². The molecule has 0 heterocycles. The van der Waals surface area contributed by atoms with E-state index in [-0.39, 0.29) is 18.0 Å². The summed E-state index contributed by atoms with van der Waals surface area (Å²) in [6.07, 6.45) is -0.576. The first-order valence-corrected chi connectivity index (χ1v) is 11.3. The fraction of sp³-hybridized carbons (Fsp3) is 0.143. The normalized spacial score (nSPS) is 12.4. The first-order chi connectivity index (χ1) is 14.4. The summed E-state index contributed by atoms with van der Waals surface area (Å²) in [5, 5.41) is 11.2. The van der Waals surface area contributed by atoms with Crippen molar-refractivity contribution in [2.24, 2.45) is 0 Å². The maximum Gasteiger partial charge on any atom is 0.289 e. The maximum atomic E-state index is 12.7. The van der Waals surface area contributed by atoms with Crippen LogP contribution in [0.15, 0.2) is 88.2 Å². The number of nitro groups is 1. The number of nitrogens with zero attached hydrogens (tertiary/aromatic N) is 1. The SMILES string of the molecule is O=[N+]([O-])c1ccccc1S(=O)(=O)NCC(OCc1ccc(Br)cc1)c1ccccc1. The predicted molar refractivity (Wildman–Crippen MR) is 116 cm³/mol. The molecule has 3 rings (SSSR count). The van der Waals surface area contributed by atoms with Crippen molar-refractivity contribution >= 4 is 31.6 Å². The fourth-order valence-electron chi connectivity index (χ4n) is 2.82. The second kappa shape index (κ2) is 9.94. The predicted octanol–water partition coefficient (Wildman–Crippen LogP) is 4.59. The number of nitrogens with one attached hydrogen (secondary N) is 1. The second-order valence-corrected chi connectivity index (χ2v) is 9.06. The Morgan fingerprint density at radius 2 is 1.60 bits per heavy atom. The number of para-hydroxylation sites is 1. The van der Waals surface area contributed by atoms with Gasteiger partial charge in [-0.25, -0.2) is 13.1 Å². The summed E-state index contributed by atoms with van der Waals surface area (Å²) in [6, 6.07) is 22.0. The van der Waals surface area contributed by atoms with Crippen LogP contribution in [0.25, 0.3) is 0 Å². The second-order valence-electron chi connectivity index (χ2n) is 6.41. The molecular formula is C21H19BrN2O5S. The highest BCUT2D eigenvalue weighted by Gasteiger charge is 2.26. The van der Waals surface area contributed by atoms with E-state index >= 15 is 0 Å². The van der Waals surface area contributed by atoms with Gasteiger partial charge in [0.05, 0.1) is 17.6 Å². The Balaban J connectivity index is 1.78. The van der Waals surface area contributed by atoms with Crippen molar-refractivity contribution in [2.45, 2.75) is 17.6 Å². The molecule has 0 aromatic heterocycles. The average Bonchev–Trinajstić information content (AvgIpc) is 2.75. The van der Waals surface area contributed by atoms with Gasteiger partial charge in [-0.05, 0) is 29.3 Å². The van der Waals surface area contributed by atoms with Gasteiger partial charge in [0.25, 0.3) is 5.69 Å². The quantitative estimate of drug-likeness (QED) is 0.349. The molecule has 0 spiro atoms. The first-order valence-electron chi connectivity index (χ1n) is 9.01. The molecule has 156 valence electrons. The third kappa shape index (κ3) is 5.73. The molecule has 1 unspecified atom stereocenters. The Morgan fingerprint density at radius 1 is 0.967 bits per heavy atom. The van der Waals surface area contributed by atoms with Gasteiger partial charge in [-0.15, -0.1) is 0 Å². The van der Waals surface area contributed by atoms with E-state index in [0.29, 0.717) is 0 Å². The standard InChI is InChI=1S/C21H19BrN2O5S/c22-18-12-10-16(11-13-18)15-29-20(17-6-2-1-3-7-17)14-23-30(27,28)21-9-5-4-8-19(21)24(25)26/h1-13,20,23H,14-15H2. The molecular weight excluding hydrogens is 472 g/mol. The van der Waals surface area contributed by atoms with E-state index in [2.05, 4.69) is 20.7 Å². The van der Waals surface area contributed by atoms with Crippen LogP contribution in [-0.2, 0) is 21.4 Å². The van der Waals surface area contributed by atoms with Crippen molar-refractivity contribution in [2.75, 3.05) is 6.54 Å². The maximum absolute atomic E-state index is 12.7. The van der Waals surface area contributed by atoms with Crippen LogP contribution in [0.5, 0.6) is 0 Å². The lowest BCUT2D eigenvalue weighted by molar-refractivity contribution is -0.387. The van der Waals surface area contributed by atoms with Crippen molar-refractivity contribution in [1.82, 2.24) is 4.72 Å². The minimum atomic E-state index is -4.11. The van der Waals surface area contributed by atoms with Crippen LogP contribution in [0.1, 0.15) is 17.2 Å². The molecule has 1 atom stereocenters. The van der Waals surface area contributed by atoms with Crippen molar-refractivity contribution < 1.29 is 18.1 Å². The fourth-order valence-corrected chi connectivity index (χ4v) is 4.28. The lowest BCUT2D eigenvalue weighted by Gasteiger charge is -2.19. The molecule has 7 nitrogen and oxygen atoms in total. The zero-order valence-corrected chi connectivity index (χ0v) is 18.2. The highest BCUT2D eigenvalue weighted by atomic mass is 79.9. The van der Waals surface area contributed by atoms with E-state index in [0.717, 1.165) is 21.7 Å². The van der Waals surface area contributed by atoms with E-state index in [1.54, 1.807) is 0 Å². The Labute approximate surface area is 183 Å². The number of halogens is 1. The molecule has 9 heteroatoms. The Hall–Kier alpha value is -2.59. The summed E-state index contributed by atoms with van der Waals surface area (Å²) in [7, 11) is -4.11. The molecule has 0 aliphatic carbocycles. The van der Waals surface area contributed by atoms with Crippen LogP contribution in [0.4, 0.5) is 5.69 Å². The van der Waals surface area contributed by atoms with Gasteiger partial charge < -0.3 is 4.74 Å². The Kier molecular flexibility index (Phi) is 7.33. The molecule has 3 aromatic rings. The van der Waals surface area contributed by atoms with Crippen LogP contribution in [0.3, 0.4) is 0 Å². The molecule has 0 bridgehead atoms. The number of rotatable bonds is 9.